The highest BCUT2D eigenvalue weighted by molar-refractivity contribution is 7.90. The molecule has 0 atom stereocenters. The third-order valence-electron chi connectivity index (χ3n) is 2.16. The van der Waals surface area contributed by atoms with Crippen LogP contribution in [0.2, 0.25) is 0 Å². The maximum atomic E-state index is 10.8. The summed E-state index contributed by atoms with van der Waals surface area (Å²) in [5.41, 5.74) is 5.76. The van der Waals surface area contributed by atoms with Crippen LogP contribution in [0.25, 0.3) is 0 Å². The topological polar surface area (TPSA) is 63.4 Å². The van der Waals surface area contributed by atoms with E-state index in [2.05, 4.69) is 4.90 Å². The summed E-state index contributed by atoms with van der Waals surface area (Å²) in [6.07, 6.45) is 1.99. The van der Waals surface area contributed by atoms with Gasteiger partial charge >= 0.3 is 0 Å². The molecule has 2 N–H and O–H groups in total. The molecule has 0 amide bonds. The SMILES string of the molecule is CC1(N)CN(CCCS(C)(=O)=O)C1. The Kier molecular flexibility index (Phi) is 2.99. The monoisotopic (exact) mass is 206 g/mol. The molecule has 0 unspecified atom stereocenters. The molecule has 1 rings (SSSR count). The standard InChI is InChI=1S/C8H18N2O2S/c1-8(9)6-10(7-8)4-3-5-13(2,11)12/h3-7,9H2,1-2H3. The van der Waals surface area contributed by atoms with Crippen molar-refractivity contribution < 1.29 is 8.42 Å². The van der Waals surface area contributed by atoms with Gasteiger partial charge < -0.3 is 5.73 Å². The fraction of sp³-hybridized carbons (Fsp3) is 1.00. The van der Waals surface area contributed by atoms with E-state index >= 15 is 0 Å². The smallest absolute Gasteiger partial charge is 0.147 e. The summed E-state index contributed by atoms with van der Waals surface area (Å²) < 4.78 is 21.6. The van der Waals surface area contributed by atoms with Crippen molar-refractivity contribution in [3.05, 3.63) is 0 Å². The second-order valence-electron chi connectivity index (χ2n) is 4.35. The third kappa shape index (κ3) is 4.06. The van der Waals surface area contributed by atoms with Gasteiger partial charge in [0.1, 0.15) is 9.84 Å². The number of nitrogens with two attached hydrogens (primary N) is 1. The van der Waals surface area contributed by atoms with Crippen LogP contribution in [0.3, 0.4) is 0 Å². The van der Waals surface area contributed by atoms with Crippen LogP contribution in [0, 0.1) is 0 Å². The lowest BCUT2D eigenvalue weighted by atomic mass is 9.94. The first-order valence-corrected chi connectivity index (χ1v) is 6.54. The summed E-state index contributed by atoms with van der Waals surface area (Å²) in [5, 5.41) is 0. The highest BCUT2D eigenvalue weighted by atomic mass is 32.2. The molecule has 0 radical (unpaired) electrons. The number of rotatable bonds is 4. The van der Waals surface area contributed by atoms with Crippen molar-refractivity contribution >= 4 is 9.84 Å². The maximum absolute atomic E-state index is 10.8. The lowest BCUT2D eigenvalue weighted by Crippen LogP contribution is -2.65. The van der Waals surface area contributed by atoms with Crippen LogP contribution < -0.4 is 5.73 Å². The zero-order chi connectivity index (χ0) is 10.1. The van der Waals surface area contributed by atoms with Crippen LogP contribution in [-0.4, -0.2) is 50.5 Å². The molecule has 78 valence electrons. The van der Waals surface area contributed by atoms with Gasteiger partial charge in [-0.2, -0.15) is 0 Å². The minimum Gasteiger partial charge on any atom is -0.323 e. The average Bonchev–Trinajstić information content (AvgIpc) is 1.79. The van der Waals surface area contributed by atoms with Crippen molar-refractivity contribution in [2.45, 2.75) is 18.9 Å². The van der Waals surface area contributed by atoms with Crippen LogP contribution in [-0.2, 0) is 9.84 Å². The minimum atomic E-state index is -2.79. The average molecular weight is 206 g/mol. The van der Waals surface area contributed by atoms with Crippen LogP contribution in [0.5, 0.6) is 0 Å². The second-order valence-corrected chi connectivity index (χ2v) is 6.61. The van der Waals surface area contributed by atoms with Crippen molar-refractivity contribution in [3.63, 3.8) is 0 Å². The van der Waals surface area contributed by atoms with Gasteiger partial charge in [0.2, 0.25) is 0 Å². The van der Waals surface area contributed by atoms with Gasteiger partial charge in [-0.05, 0) is 19.9 Å². The molecule has 4 nitrogen and oxygen atoms in total. The van der Waals surface area contributed by atoms with Crippen molar-refractivity contribution in [1.82, 2.24) is 4.90 Å². The maximum Gasteiger partial charge on any atom is 0.147 e. The zero-order valence-electron chi connectivity index (χ0n) is 8.28. The summed E-state index contributed by atoms with van der Waals surface area (Å²) in [6.45, 7) is 4.63. The molecule has 0 aromatic carbocycles. The highest BCUT2D eigenvalue weighted by Crippen LogP contribution is 2.16. The lowest BCUT2D eigenvalue weighted by molar-refractivity contribution is 0.0846. The first kappa shape index (κ1) is 10.9. The molecule has 0 bridgehead atoms. The van der Waals surface area contributed by atoms with E-state index in [1.54, 1.807) is 0 Å². The number of sulfone groups is 1. The molecule has 0 aromatic heterocycles. The fourth-order valence-corrected chi connectivity index (χ4v) is 2.34. The summed E-state index contributed by atoms with van der Waals surface area (Å²) in [6, 6.07) is 0. The molecular formula is C8H18N2O2S. The summed E-state index contributed by atoms with van der Waals surface area (Å²) in [7, 11) is -2.79. The molecule has 1 aliphatic rings. The molecule has 1 heterocycles. The Labute approximate surface area is 80.0 Å². The van der Waals surface area contributed by atoms with E-state index in [-0.39, 0.29) is 11.3 Å². The van der Waals surface area contributed by atoms with E-state index in [1.807, 2.05) is 6.92 Å². The fourth-order valence-electron chi connectivity index (χ4n) is 1.68. The predicted octanol–water partition coefficient (Wildman–Crippen LogP) is -0.546. The Bertz CT molecular complexity index is 264. The Morgan fingerprint density at radius 1 is 1.46 bits per heavy atom. The van der Waals surface area contributed by atoms with E-state index in [0.29, 0.717) is 0 Å². The Balaban J connectivity index is 2.10. The molecule has 0 saturated carbocycles. The summed E-state index contributed by atoms with van der Waals surface area (Å²) >= 11 is 0. The molecule has 5 heteroatoms. The van der Waals surface area contributed by atoms with Crippen molar-refractivity contribution in [1.29, 1.82) is 0 Å². The second kappa shape index (κ2) is 3.55. The van der Waals surface area contributed by atoms with Crippen LogP contribution in [0.15, 0.2) is 0 Å². The molecule has 0 aromatic rings. The van der Waals surface area contributed by atoms with Gasteiger partial charge in [-0.25, -0.2) is 8.42 Å². The van der Waals surface area contributed by atoms with E-state index in [9.17, 15) is 8.42 Å². The first-order valence-electron chi connectivity index (χ1n) is 4.47. The zero-order valence-corrected chi connectivity index (χ0v) is 9.10. The molecule has 0 aliphatic carbocycles. The number of nitrogens with zero attached hydrogens (tertiary/aromatic N) is 1. The summed E-state index contributed by atoms with van der Waals surface area (Å²) in [4.78, 5) is 2.19. The molecule has 1 aliphatic heterocycles. The number of likely N-dealkylation sites (tertiary alicyclic amines) is 1. The van der Waals surface area contributed by atoms with E-state index in [4.69, 9.17) is 5.73 Å². The quantitative estimate of drug-likeness (QED) is 0.670. The molecule has 13 heavy (non-hydrogen) atoms. The van der Waals surface area contributed by atoms with Crippen molar-refractivity contribution in [3.8, 4) is 0 Å². The van der Waals surface area contributed by atoms with Crippen LogP contribution >= 0.6 is 0 Å². The third-order valence-corrected chi connectivity index (χ3v) is 3.19. The van der Waals surface area contributed by atoms with Gasteiger partial charge in [0.25, 0.3) is 0 Å². The minimum absolute atomic E-state index is 0.0505. The molecule has 1 saturated heterocycles. The van der Waals surface area contributed by atoms with Gasteiger partial charge in [0.05, 0.1) is 5.75 Å². The van der Waals surface area contributed by atoms with Crippen molar-refractivity contribution in [2.75, 3.05) is 31.6 Å². The van der Waals surface area contributed by atoms with Gasteiger partial charge in [-0.1, -0.05) is 0 Å². The van der Waals surface area contributed by atoms with E-state index in [1.165, 1.54) is 6.26 Å². The van der Waals surface area contributed by atoms with Gasteiger partial charge in [0.15, 0.2) is 0 Å². The highest BCUT2D eigenvalue weighted by Gasteiger charge is 2.33. The molecular weight excluding hydrogens is 188 g/mol. The Hall–Kier alpha value is -0.130. The van der Waals surface area contributed by atoms with Crippen LogP contribution in [0.1, 0.15) is 13.3 Å². The first-order chi connectivity index (χ1) is 5.79. The normalized spacial score (nSPS) is 22.7. The lowest BCUT2D eigenvalue weighted by Gasteiger charge is -2.45. The van der Waals surface area contributed by atoms with Crippen molar-refractivity contribution in [2.24, 2.45) is 5.73 Å². The van der Waals surface area contributed by atoms with E-state index < -0.39 is 9.84 Å². The molecule has 0 spiro atoms. The van der Waals surface area contributed by atoms with Gasteiger partial charge in [-0.3, -0.25) is 4.90 Å². The molecule has 1 fully saturated rings. The predicted molar refractivity (Wildman–Crippen MR) is 53.4 cm³/mol. The summed E-state index contributed by atoms with van der Waals surface area (Å²) in [5.74, 6) is 0.283. The van der Waals surface area contributed by atoms with Crippen LogP contribution in [0.4, 0.5) is 0 Å². The van der Waals surface area contributed by atoms with Gasteiger partial charge in [0, 0.05) is 24.9 Å². The number of hydrogen-bond acceptors (Lipinski definition) is 4. The number of hydrogen-bond donors (Lipinski definition) is 1. The largest absolute Gasteiger partial charge is 0.323 e. The van der Waals surface area contributed by atoms with Gasteiger partial charge in [-0.15, -0.1) is 0 Å². The Morgan fingerprint density at radius 3 is 2.38 bits per heavy atom. The Morgan fingerprint density at radius 2 is 2.00 bits per heavy atom. The van der Waals surface area contributed by atoms with E-state index in [0.717, 1.165) is 26.1 Å².